The Labute approximate surface area is 332 Å². The summed E-state index contributed by atoms with van der Waals surface area (Å²) in [5, 5.41) is 12.6. The Morgan fingerprint density at radius 2 is 0.702 bits per heavy atom. The summed E-state index contributed by atoms with van der Waals surface area (Å²) in [5.41, 5.74) is 10.6. The maximum absolute atomic E-state index is 2.39. The van der Waals surface area contributed by atoms with E-state index in [0.717, 1.165) is 17.1 Å². The highest BCUT2D eigenvalue weighted by molar-refractivity contribution is 6.15. The molecule has 1 heteroatoms. The van der Waals surface area contributed by atoms with E-state index < -0.39 is 0 Å². The van der Waals surface area contributed by atoms with Gasteiger partial charge in [0.15, 0.2) is 0 Å². The average Bonchev–Trinajstić information content (AvgIpc) is 3.29. The first-order valence-electron chi connectivity index (χ1n) is 19.7. The van der Waals surface area contributed by atoms with Crippen LogP contribution < -0.4 is 4.90 Å². The fraction of sp³-hybridized carbons (Fsp3) is 0. The van der Waals surface area contributed by atoms with Gasteiger partial charge in [0.05, 0.1) is 0 Å². The molecule has 0 fully saturated rings. The Hall–Kier alpha value is -7.48. The number of rotatable bonds is 6. The first-order valence-corrected chi connectivity index (χ1v) is 19.7. The zero-order valence-corrected chi connectivity index (χ0v) is 31.3. The zero-order valence-electron chi connectivity index (χ0n) is 31.3. The zero-order chi connectivity index (χ0) is 37.7. The number of benzene rings is 11. The summed E-state index contributed by atoms with van der Waals surface area (Å²) in [6.45, 7) is 0. The van der Waals surface area contributed by atoms with Crippen molar-refractivity contribution in [1.82, 2.24) is 0 Å². The topological polar surface area (TPSA) is 3.24 Å². The van der Waals surface area contributed by atoms with Crippen LogP contribution in [0.25, 0.3) is 87.2 Å². The molecule has 0 N–H and O–H groups in total. The van der Waals surface area contributed by atoms with E-state index in [1.807, 2.05) is 0 Å². The molecule has 0 heterocycles. The fourth-order valence-electron chi connectivity index (χ4n) is 8.91. The molecule has 266 valence electrons. The molecule has 1 nitrogen and oxygen atoms in total. The third kappa shape index (κ3) is 5.72. The van der Waals surface area contributed by atoms with Gasteiger partial charge in [-0.1, -0.05) is 176 Å². The molecule has 11 rings (SSSR count). The van der Waals surface area contributed by atoms with E-state index in [1.165, 1.54) is 87.2 Å². The summed E-state index contributed by atoms with van der Waals surface area (Å²) in [6.07, 6.45) is 0. The predicted octanol–water partition coefficient (Wildman–Crippen LogP) is 15.9. The van der Waals surface area contributed by atoms with E-state index in [1.54, 1.807) is 0 Å². The Morgan fingerprint density at radius 1 is 0.211 bits per heavy atom. The van der Waals surface area contributed by atoms with Gasteiger partial charge >= 0.3 is 0 Å². The normalized spacial score (nSPS) is 11.5. The highest BCUT2D eigenvalue weighted by atomic mass is 15.1. The predicted molar refractivity (Wildman–Crippen MR) is 245 cm³/mol. The van der Waals surface area contributed by atoms with Crippen molar-refractivity contribution in [2.75, 3.05) is 4.90 Å². The van der Waals surface area contributed by atoms with Crippen LogP contribution in [0, 0.1) is 0 Å². The second-order valence-electron chi connectivity index (χ2n) is 14.9. The van der Waals surface area contributed by atoms with Crippen molar-refractivity contribution in [3.8, 4) is 33.4 Å². The molecule has 0 aliphatic rings. The minimum absolute atomic E-state index is 1.10. The number of fused-ring (bicyclic) bond motifs is 7. The van der Waals surface area contributed by atoms with Gasteiger partial charge in [-0.15, -0.1) is 0 Å². The Morgan fingerprint density at radius 3 is 1.39 bits per heavy atom. The molecule has 0 aliphatic carbocycles. The second kappa shape index (κ2) is 13.7. The van der Waals surface area contributed by atoms with Crippen LogP contribution in [0.1, 0.15) is 0 Å². The van der Waals surface area contributed by atoms with E-state index in [9.17, 15) is 0 Å². The number of anilines is 3. The van der Waals surface area contributed by atoms with Crippen molar-refractivity contribution >= 4 is 70.9 Å². The molecule has 0 amide bonds. The minimum Gasteiger partial charge on any atom is -0.310 e. The maximum Gasteiger partial charge on any atom is 0.0468 e. The van der Waals surface area contributed by atoms with Gasteiger partial charge in [0.25, 0.3) is 0 Å². The summed E-state index contributed by atoms with van der Waals surface area (Å²) in [7, 11) is 0. The van der Waals surface area contributed by atoms with Crippen molar-refractivity contribution in [1.29, 1.82) is 0 Å². The van der Waals surface area contributed by atoms with E-state index in [0.29, 0.717) is 0 Å². The molecule has 0 unspecified atom stereocenters. The highest BCUT2D eigenvalue weighted by Crippen LogP contribution is 2.43. The lowest BCUT2D eigenvalue weighted by molar-refractivity contribution is 1.29. The van der Waals surface area contributed by atoms with Gasteiger partial charge in [-0.3, -0.25) is 0 Å². The SMILES string of the molecule is c1cc(-c2cc3ccccc3c3ccccc23)cc(N(c2ccc(-c3ccccc3-c3cc4ccccc4c4ccccc34)cc2)c2ccc3ccccc3c2)c1. The third-order valence-electron chi connectivity index (χ3n) is 11.6. The molecular formula is C56H37N. The van der Waals surface area contributed by atoms with Crippen molar-refractivity contribution in [2.45, 2.75) is 0 Å². The van der Waals surface area contributed by atoms with Gasteiger partial charge < -0.3 is 4.90 Å². The van der Waals surface area contributed by atoms with Crippen LogP contribution in [0.15, 0.2) is 224 Å². The summed E-state index contributed by atoms with van der Waals surface area (Å²) >= 11 is 0. The lowest BCUT2D eigenvalue weighted by atomic mass is 9.89. The lowest BCUT2D eigenvalue weighted by Crippen LogP contribution is -2.10. The number of hydrogen-bond donors (Lipinski definition) is 0. The van der Waals surface area contributed by atoms with Gasteiger partial charge in [0.1, 0.15) is 0 Å². The third-order valence-corrected chi connectivity index (χ3v) is 11.6. The smallest absolute Gasteiger partial charge is 0.0468 e. The Bertz CT molecular complexity index is 3300. The van der Waals surface area contributed by atoms with Crippen molar-refractivity contribution in [3.63, 3.8) is 0 Å². The van der Waals surface area contributed by atoms with Crippen LogP contribution in [-0.2, 0) is 0 Å². The fourth-order valence-corrected chi connectivity index (χ4v) is 8.91. The van der Waals surface area contributed by atoms with Crippen LogP contribution in [0.2, 0.25) is 0 Å². The molecule has 0 atom stereocenters. The molecule has 0 spiro atoms. The van der Waals surface area contributed by atoms with Crippen molar-refractivity contribution in [3.05, 3.63) is 224 Å². The van der Waals surface area contributed by atoms with Gasteiger partial charge in [0, 0.05) is 17.1 Å². The van der Waals surface area contributed by atoms with Crippen LogP contribution in [0.5, 0.6) is 0 Å². The van der Waals surface area contributed by atoms with E-state index in [4.69, 9.17) is 0 Å². The number of nitrogens with zero attached hydrogens (tertiary/aromatic N) is 1. The Kier molecular flexibility index (Phi) is 7.89. The summed E-state index contributed by atoms with van der Waals surface area (Å²) in [4.78, 5) is 2.39. The van der Waals surface area contributed by atoms with Crippen LogP contribution in [-0.4, -0.2) is 0 Å². The highest BCUT2D eigenvalue weighted by Gasteiger charge is 2.18. The van der Waals surface area contributed by atoms with Gasteiger partial charge in [-0.25, -0.2) is 0 Å². The van der Waals surface area contributed by atoms with Gasteiger partial charge in [0.2, 0.25) is 0 Å². The van der Waals surface area contributed by atoms with Crippen LogP contribution in [0.4, 0.5) is 17.1 Å². The minimum atomic E-state index is 1.10. The summed E-state index contributed by atoms with van der Waals surface area (Å²) < 4.78 is 0. The second-order valence-corrected chi connectivity index (χ2v) is 14.9. The summed E-state index contributed by atoms with van der Waals surface area (Å²) in [6, 6.07) is 82.1. The standard InChI is InChI=1S/C56H37N/c1-2-15-40-34-46(33-28-38(40)14-1)57(45-19-13-18-41(35-45)55-36-42-16-3-5-21-48(42)50-23-9-11-26-53(50)55)44-31-29-39(30-32-44)47-20-7-8-25-52(47)56-37-43-17-4-6-22-49(43)51-24-10-12-27-54(51)56/h1-37H. The van der Waals surface area contributed by atoms with Crippen molar-refractivity contribution < 1.29 is 0 Å². The average molecular weight is 724 g/mol. The Balaban J connectivity index is 1.05. The molecule has 11 aromatic carbocycles. The monoisotopic (exact) mass is 723 g/mol. The first-order chi connectivity index (χ1) is 28.3. The molecular weight excluding hydrogens is 687 g/mol. The first kappa shape index (κ1) is 32.9. The molecule has 0 aromatic heterocycles. The van der Waals surface area contributed by atoms with E-state index >= 15 is 0 Å². The lowest BCUT2D eigenvalue weighted by Gasteiger charge is -2.27. The molecule has 11 aromatic rings. The summed E-state index contributed by atoms with van der Waals surface area (Å²) in [5.74, 6) is 0. The molecule has 0 saturated heterocycles. The molecule has 0 aliphatic heterocycles. The molecule has 57 heavy (non-hydrogen) atoms. The van der Waals surface area contributed by atoms with Crippen LogP contribution >= 0.6 is 0 Å². The van der Waals surface area contributed by atoms with E-state index in [-0.39, 0.29) is 0 Å². The largest absolute Gasteiger partial charge is 0.310 e. The maximum atomic E-state index is 2.39. The van der Waals surface area contributed by atoms with Crippen LogP contribution in [0.3, 0.4) is 0 Å². The van der Waals surface area contributed by atoms with Gasteiger partial charge in [-0.05, 0) is 136 Å². The molecule has 0 radical (unpaired) electrons. The van der Waals surface area contributed by atoms with Gasteiger partial charge in [-0.2, -0.15) is 0 Å². The number of hydrogen-bond acceptors (Lipinski definition) is 1. The van der Waals surface area contributed by atoms with Crippen molar-refractivity contribution in [2.24, 2.45) is 0 Å². The molecule has 0 bridgehead atoms. The van der Waals surface area contributed by atoms with E-state index in [2.05, 4.69) is 229 Å². The quantitative estimate of drug-likeness (QED) is 0.154. The molecule has 0 saturated carbocycles.